The van der Waals surface area contributed by atoms with Crippen molar-refractivity contribution >= 4 is 5.78 Å². The van der Waals surface area contributed by atoms with Gasteiger partial charge in [0.15, 0.2) is 5.78 Å². The fourth-order valence-corrected chi connectivity index (χ4v) is 2.74. The summed E-state index contributed by atoms with van der Waals surface area (Å²) in [7, 11) is 0. The maximum absolute atomic E-state index is 13.5. The third-order valence-electron chi connectivity index (χ3n) is 4.02. The fraction of sp³-hybridized carbons (Fsp3) is 0.278. The van der Waals surface area contributed by atoms with Crippen molar-refractivity contribution in [1.29, 1.82) is 0 Å². The summed E-state index contributed by atoms with van der Waals surface area (Å²) in [6, 6.07) is 17.6. The maximum Gasteiger partial charge on any atom is 0.163 e. The Morgan fingerprint density at radius 1 is 1.00 bits per heavy atom. The highest BCUT2D eigenvalue weighted by molar-refractivity contribution is 5.96. The summed E-state index contributed by atoms with van der Waals surface area (Å²) >= 11 is 0. The van der Waals surface area contributed by atoms with Gasteiger partial charge in [0.25, 0.3) is 0 Å². The zero-order valence-corrected chi connectivity index (χ0v) is 11.8. The zero-order valence-electron chi connectivity index (χ0n) is 11.8. The lowest BCUT2D eigenvalue weighted by molar-refractivity contribution is 0.0946. The van der Waals surface area contributed by atoms with Gasteiger partial charge >= 0.3 is 0 Å². The third kappa shape index (κ3) is 3.19. The predicted molar refractivity (Wildman–Crippen MR) is 82.1 cm³/mol. The summed E-state index contributed by atoms with van der Waals surface area (Å²) in [5, 5.41) is 2.98. The number of carbonyl (C=O) groups is 1. The van der Waals surface area contributed by atoms with Crippen molar-refractivity contribution in [2.45, 2.75) is 12.6 Å². The van der Waals surface area contributed by atoms with Crippen LogP contribution in [0.1, 0.15) is 16.8 Å². The molecule has 0 aliphatic carbocycles. The molecule has 3 heteroatoms. The highest BCUT2D eigenvalue weighted by Gasteiger charge is 2.28. The van der Waals surface area contributed by atoms with E-state index in [9.17, 15) is 9.18 Å². The number of alkyl halides is 1. The van der Waals surface area contributed by atoms with Gasteiger partial charge in [0.2, 0.25) is 0 Å². The molecular formula is C18H18FNO. The Labute approximate surface area is 124 Å². The van der Waals surface area contributed by atoms with Gasteiger partial charge < -0.3 is 5.32 Å². The molecule has 0 radical (unpaired) electrons. The standard InChI is InChI=1S/C18H18FNO/c19-17-12-20-11-16(17)10-18(21)15-8-6-14(7-9-15)13-4-2-1-3-5-13/h1-9,16-17,20H,10-12H2/t16-,17-/m0/s1. The molecule has 2 nitrogen and oxygen atoms in total. The predicted octanol–water partition coefficient (Wildman–Crippen LogP) is 3.48. The highest BCUT2D eigenvalue weighted by atomic mass is 19.1. The summed E-state index contributed by atoms with van der Waals surface area (Å²) in [5.74, 6) is -0.169. The van der Waals surface area contributed by atoms with E-state index >= 15 is 0 Å². The molecule has 0 unspecified atom stereocenters. The van der Waals surface area contributed by atoms with Gasteiger partial charge in [-0.3, -0.25) is 4.79 Å². The Kier molecular flexibility index (Phi) is 4.11. The second-order valence-corrected chi connectivity index (χ2v) is 5.50. The van der Waals surface area contributed by atoms with Crippen molar-refractivity contribution in [3.05, 3.63) is 60.2 Å². The normalized spacial score (nSPS) is 21.4. The molecule has 2 aromatic carbocycles. The van der Waals surface area contributed by atoms with E-state index in [1.54, 1.807) is 0 Å². The van der Waals surface area contributed by atoms with Crippen LogP contribution in [-0.4, -0.2) is 25.0 Å². The van der Waals surface area contributed by atoms with Crippen LogP contribution in [-0.2, 0) is 0 Å². The van der Waals surface area contributed by atoms with Crippen LogP contribution in [0.5, 0.6) is 0 Å². The lowest BCUT2D eigenvalue weighted by Gasteiger charge is -2.10. The largest absolute Gasteiger partial charge is 0.313 e. The summed E-state index contributed by atoms with van der Waals surface area (Å²) < 4.78 is 13.5. The number of nitrogens with one attached hydrogen (secondary N) is 1. The zero-order chi connectivity index (χ0) is 14.7. The Morgan fingerprint density at radius 2 is 1.67 bits per heavy atom. The lowest BCUT2D eigenvalue weighted by Crippen LogP contribution is -2.17. The number of halogens is 1. The monoisotopic (exact) mass is 283 g/mol. The summed E-state index contributed by atoms with van der Waals surface area (Å²) in [6.45, 7) is 0.958. The first kappa shape index (κ1) is 14.0. The molecule has 1 N–H and O–H groups in total. The molecule has 1 heterocycles. The smallest absolute Gasteiger partial charge is 0.163 e. The number of ketones is 1. The van der Waals surface area contributed by atoms with Crippen LogP contribution in [0, 0.1) is 5.92 Å². The van der Waals surface area contributed by atoms with Crippen LogP contribution in [0.25, 0.3) is 11.1 Å². The van der Waals surface area contributed by atoms with E-state index in [1.165, 1.54) is 0 Å². The van der Waals surface area contributed by atoms with Crippen molar-refractivity contribution in [2.24, 2.45) is 5.92 Å². The van der Waals surface area contributed by atoms with Crippen LogP contribution in [0.2, 0.25) is 0 Å². The molecule has 1 aliphatic rings. The Morgan fingerprint density at radius 3 is 2.29 bits per heavy atom. The van der Waals surface area contributed by atoms with Crippen LogP contribution < -0.4 is 5.32 Å². The van der Waals surface area contributed by atoms with Gasteiger partial charge in [0.05, 0.1) is 0 Å². The Balaban J connectivity index is 1.70. The number of hydrogen-bond acceptors (Lipinski definition) is 2. The lowest BCUT2D eigenvalue weighted by atomic mass is 9.95. The average molecular weight is 283 g/mol. The van der Waals surface area contributed by atoms with Crippen LogP contribution in [0.3, 0.4) is 0 Å². The van der Waals surface area contributed by atoms with Crippen molar-refractivity contribution < 1.29 is 9.18 Å². The summed E-state index contributed by atoms with van der Waals surface area (Å²) in [5.41, 5.74) is 2.87. The molecule has 0 spiro atoms. The molecule has 2 aromatic rings. The van der Waals surface area contributed by atoms with Crippen LogP contribution >= 0.6 is 0 Å². The minimum Gasteiger partial charge on any atom is -0.313 e. The van der Waals surface area contributed by atoms with Gasteiger partial charge in [-0.05, 0) is 11.1 Å². The minimum absolute atomic E-state index is 0.0194. The molecule has 2 atom stereocenters. The van der Waals surface area contributed by atoms with E-state index in [2.05, 4.69) is 5.32 Å². The van der Waals surface area contributed by atoms with Gasteiger partial charge in [0.1, 0.15) is 6.17 Å². The maximum atomic E-state index is 13.5. The van der Waals surface area contributed by atoms with Crippen molar-refractivity contribution in [1.82, 2.24) is 5.32 Å². The van der Waals surface area contributed by atoms with E-state index in [0.29, 0.717) is 18.7 Å². The quantitative estimate of drug-likeness (QED) is 0.870. The van der Waals surface area contributed by atoms with Gasteiger partial charge in [-0.2, -0.15) is 0 Å². The number of rotatable bonds is 4. The second-order valence-electron chi connectivity index (χ2n) is 5.50. The molecule has 1 saturated heterocycles. The van der Waals surface area contributed by atoms with Crippen molar-refractivity contribution in [3.63, 3.8) is 0 Å². The van der Waals surface area contributed by atoms with Gasteiger partial charge in [-0.15, -0.1) is 0 Å². The van der Waals surface area contributed by atoms with E-state index in [0.717, 1.165) is 11.1 Å². The topological polar surface area (TPSA) is 29.1 Å². The summed E-state index contributed by atoms with van der Waals surface area (Å²) in [6.07, 6.45) is -0.628. The van der Waals surface area contributed by atoms with E-state index in [-0.39, 0.29) is 18.1 Å². The third-order valence-corrected chi connectivity index (χ3v) is 4.02. The van der Waals surface area contributed by atoms with Crippen molar-refractivity contribution in [3.8, 4) is 11.1 Å². The van der Waals surface area contributed by atoms with Gasteiger partial charge in [0, 0.05) is 31.0 Å². The van der Waals surface area contributed by atoms with E-state index in [1.807, 2.05) is 54.6 Å². The number of Topliss-reactive ketones (excluding diaryl/α,β-unsaturated/α-hetero) is 1. The van der Waals surface area contributed by atoms with Gasteiger partial charge in [-0.25, -0.2) is 4.39 Å². The minimum atomic E-state index is -0.905. The summed E-state index contributed by atoms with van der Waals surface area (Å²) in [4.78, 5) is 12.2. The molecule has 0 aromatic heterocycles. The molecule has 21 heavy (non-hydrogen) atoms. The first-order valence-electron chi connectivity index (χ1n) is 7.27. The molecule has 0 amide bonds. The molecule has 0 saturated carbocycles. The molecule has 1 aliphatic heterocycles. The first-order valence-corrected chi connectivity index (χ1v) is 7.27. The van der Waals surface area contributed by atoms with Crippen LogP contribution in [0.15, 0.2) is 54.6 Å². The number of hydrogen-bond donors (Lipinski definition) is 1. The van der Waals surface area contributed by atoms with Gasteiger partial charge in [-0.1, -0.05) is 54.6 Å². The average Bonchev–Trinajstić information content (AvgIpc) is 2.93. The first-order chi connectivity index (χ1) is 10.2. The molecule has 108 valence electrons. The van der Waals surface area contributed by atoms with E-state index < -0.39 is 6.17 Å². The van der Waals surface area contributed by atoms with E-state index in [4.69, 9.17) is 0 Å². The Hall–Kier alpha value is -2.00. The fourth-order valence-electron chi connectivity index (χ4n) is 2.74. The Bertz CT molecular complexity index is 609. The molecule has 0 bridgehead atoms. The molecular weight excluding hydrogens is 265 g/mol. The number of carbonyl (C=O) groups excluding carboxylic acids is 1. The van der Waals surface area contributed by atoms with Crippen LogP contribution in [0.4, 0.5) is 4.39 Å². The van der Waals surface area contributed by atoms with Crippen molar-refractivity contribution in [2.75, 3.05) is 13.1 Å². The second kappa shape index (κ2) is 6.19. The highest BCUT2D eigenvalue weighted by Crippen LogP contribution is 2.22. The molecule has 1 fully saturated rings. The molecule has 3 rings (SSSR count). The number of benzene rings is 2. The SMILES string of the molecule is O=C(C[C@H]1CNC[C@@H]1F)c1ccc(-c2ccccc2)cc1.